The number of halogens is 1. The Hall–Kier alpha value is -2.25. The van der Waals surface area contributed by atoms with E-state index in [0.717, 1.165) is 4.31 Å². The van der Waals surface area contributed by atoms with Gasteiger partial charge in [0, 0.05) is 5.02 Å². The van der Waals surface area contributed by atoms with Crippen LogP contribution in [0.2, 0.25) is 5.02 Å². The maximum absolute atomic E-state index is 12.9. The number of sulfonamides is 1. The fourth-order valence-electron chi connectivity index (χ4n) is 2.33. The van der Waals surface area contributed by atoms with E-state index in [9.17, 15) is 13.2 Å². The van der Waals surface area contributed by atoms with E-state index in [0.29, 0.717) is 10.7 Å². The highest BCUT2D eigenvalue weighted by Gasteiger charge is 2.36. The first-order chi connectivity index (χ1) is 10.9. The Morgan fingerprint density at radius 2 is 1.96 bits per heavy atom. The molecule has 0 aliphatic carbocycles. The zero-order valence-electron chi connectivity index (χ0n) is 11.8. The average molecular weight is 353 g/mol. The molecule has 0 radical (unpaired) electrons. The van der Waals surface area contributed by atoms with E-state index >= 15 is 0 Å². The smallest absolute Gasteiger partial charge is 0.264 e. The Morgan fingerprint density at radius 3 is 2.65 bits per heavy atom. The van der Waals surface area contributed by atoms with Crippen LogP contribution in [0.15, 0.2) is 53.4 Å². The lowest BCUT2D eigenvalue weighted by Gasteiger charge is -2.34. The summed E-state index contributed by atoms with van der Waals surface area (Å²) in [6, 6.07) is 12.5. The van der Waals surface area contributed by atoms with Crippen LogP contribution in [-0.2, 0) is 14.8 Å². The zero-order chi connectivity index (χ0) is 16.6. The third kappa shape index (κ3) is 2.85. The minimum Gasteiger partial charge on any atom is -0.476 e. The summed E-state index contributed by atoms with van der Waals surface area (Å²) in [6.45, 7) is -0.193. The molecule has 23 heavy (non-hydrogen) atoms. The quantitative estimate of drug-likeness (QED) is 0.911. The average Bonchev–Trinajstić information content (AvgIpc) is 2.53. The number of benzene rings is 2. The van der Waals surface area contributed by atoms with Crippen molar-refractivity contribution in [2.24, 2.45) is 5.73 Å². The number of carbonyl (C=O) groups is 1. The van der Waals surface area contributed by atoms with Crippen LogP contribution in [0.5, 0.6) is 5.75 Å². The minimum atomic E-state index is -3.90. The lowest BCUT2D eigenvalue weighted by molar-refractivity contribution is -0.124. The number of anilines is 1. The maximum Gasteiger partial charge on any atom is 0.264 e. The van der Waals surface area contributed by atoms with Crippen molar-refractivity contribution in [3.05, 3.63) is 53.6 Å². The number of primary amides is 1. The van der Waals surface area contributed by atoms with Gasteiger partial charge in [-0.25, -0.2) is 8.42 Å². The van der Waals surface area contributed by atoms with Crippen molar-refractivity contribution in [2.75, 3.05) is 10.8 Å². The number of para-hydroxylation sites is 2. The highest BCUT2D eigenvalue weighted by Crippen LogP contribution is 2.36. The molecule has 0 spiro atoms. The normalized spacial score (nSPS) is 17.3. The number of amides is 1. The summed E-state index contributed by atoms with van der Waals surface area (Å²) < 4.78 is 32.4. The van der Waals surface area contributed by atoms with Gasteiger partial charge in [-0.2, -0.15) is 0 Å². The van der Waals surface area contributed by atoms with Crippen LogP contribution < -0.4 is 14.8 Å². The Bertz CT molecular complexity index is 869. The Labute approximate surface area is 138 Å². The standard InChI is InChI=1S/C15H13ClN2O4S/c16-10-4-3-5-11(8-10)23(20,21)18-9-14(15(17)19)22-13-7-2-1-6-12(13)18/h1-8,14H,9H2,(H2,17,19)/t14-/m0/s1. The van der Waals surface area contributed by atoms with Gasteiger partial charge in [0.2, 0.25) is 0 Å². The van der Waals surface area contributed by atoms with E-state index in [2.05, 4.69) is 0 Å². The third-order valence-electron chi connectivity index (χ3n) is 3.44. The topological polar surface area (TPSA) is 89.7 Å². The van der Waals surface area contributed by atoms with Crippen LogP contribution in [0.4, 0.5) is 5.69 Å². The Balaban J connectivity index is 2.12. The minimum absolute atomic E-state index is 0.0323. The number of hydrogen-bond acceptors (Lipinski definition) is 4. The summed E-state index contributed by atoms with van der Waals surface area (Å²) in [4.78, 5) is 11.5. The van der Waals surface area contributed by atoms with Gasteiger partial charge in [0.15, 0.2) is 6.10 Å². The second-order valence-corrected chi connectivity index (χ2v) is 7.27. The predicted octanol–water partition coefficient (Wildman–Crippen LogP) is 1.78. The maximum atomic E-state index is 12.9. The molecule has 1 aliphatic heterocycles. The fourth-order valence-corrected chi connectivity index (χ4v) is 4.11. The van der Waals surface area contributed by atoms with E-state index < -0.39 is 22.0 Å². The SMILES string of the molecule is NC(=O)[C@@H]1CN(S(=O)(=O)c2cccc(Cl)c2)c2ccccc2O1. The molecular formula is C15H13ClN2O4S. The molecule has 3 rings (SSSR count). The highest BCUT2D eigenvalue weighted by molar-refractivity contribution is 7.92. The summed E-state index contributed by atoms with van der Waals surface area (Å²) in [5.41, 5.74) is 5.64. The number of ether oxygens (including phenoxy) is 1. The molecule has 8 heteroatoms. The van der Waals surface area contributed by atoms with E-state index in [1.165, 1.54) is 12.1 Å². The molecule has 0 unspecified atom stereocenters. The highest BCUT2D eigenvalue weighted by atomic mass is 35.5. The fraction of sp³-hybridized carbons (Fsp3) is 0.133. The molecule has 0 saturated carbocycles. The van der Waals surface area contributed by atoms with Crippen molar-refractivity contribution in [1.82, 2.24) is 0 Å². The van der Waals surface area contributed by atoms with Gasteiger partial charge in [-0.1, -0.05) is 29.8 Å². The Kier molecular flexibility index (Phi) is 3.91. The van der Waals surface area contributed by atoms with Crippen molar-refractivity contribution >= 4 is 33.2 Å². The van der Waals surface area contributed by atoms with Crippen molar-refractivity contribution in [3.8, 4) is 5.75 Å². The number of fused-ring (bicyclic) bond motifs is 1. The van der Waals surface area contributed by atoms with Crippen LogP contribution in [0, 0.1) is 0 Å². The summed E-state index contributed by atoms with van der Waals surface area (Å²) >= 11 is 5.89. The van der Waals surface area contributed by atoms with Crippen LogP contribution in [0.25, 0.3) is 0 Å². The number of nitrogens with zero attached hydrogens (tertiary/aromatic N) is 1. The summed E-state index contributed by atoms with van der Waals surface area (Å²) in [6.07, 6.45) is -1.06. The van der Waals surface area contributed by atoms with Crippen molar-refractivity contribution in [2.45, 2.75) is 11.0 Å². The number of rotatable bonds is 3. The second-order valence-electron chi connectivity index (χ2n) is 4.97. The summed E-state index contributed by atoms with van der Waals surface area (Å²) in [5.74, 6) is -0.445. The van der Waals surface area contributed by atoms with E-state index in [1.54, 1.807) is 36.4 Å². The second kappa shape index (κ2) is 5.75. The zero-order valence-corrected chi connectivity index (χ0v) is 13.4. The molecule has 1 aliphatic rings. The van der Waals surface area contributed by atoms with E-state index in [4.69, 9.17) is 22.1 Å². The molecule has 1 heterocycles. The molecule has 120 valence electrons. The van der Waals surface area contributed by atoms with Gasteiger partial charge in [0.25, 0.3) is 15.9 Å². The monoisotopic (exact) mass is 352 g/mol. The molecular weight excluding hydrogens is 340 g/mol. The number of carbonyl (C=O) groups excluding carboxylic acids is 1. The van der Waals surface area contributed by atoms with Crippen molar-refractivity contribution in [3.63, 3.8) is 0 Å². The van der Waals surface area contributed by atoms with Crippen LogP contribution in [0.1, 0.15) is 0 Å². The molecule has 1 atom stereocenters. The van der Waals surface area contributed by atoms with Gasteiger partial charge in [-0.05, 0) is 30.3 Å². The summed E-state index contributed by atoms with van der Waals surface area (Å²) in [7, 11) is -3.90. The first-order valence-corrected chi connectivity index (χ1v) is 8.55. The molecule has 1 amide bonds. The largest absolute Gasteiger partial charge is 0.476 e. The molecule has 0 bridgehead atoms. The molecule has 2 aromatic rings. The van der Waals surface area contributed by atoms with Gasteiger partial charge in [0.05, 0.1) is 17.1 Å². The van der Waals surface area contributed by atoms with Gasteiger partial charge in [-0.3, -0.25) is 9.10 Å². The molecule has 6 nitrogen and oxygen atoms in total. The first-order valence-electron chi connectivity index (χ1n) is 6.73. The van der Waals surface area contributed by atoms with E-state index in [-0.39, 0.29) is 17.2 Å². The van der Waals surface area contributed by atoms with E-state index in [1.807, 2.05) is 0 Å². The molecule has 0 saturated heterocycles. The summed E-state index contributed by atoms with van der Waals surface area (Å²) in [5, 5.41) is 0.305. The van der Waals surface area contributed by atoms with Crippen molar-refractivity contribution in [1.29, 1.82) is 0 Å². The molecule has 2 aromatic carbocycles. The first kappa shape index (κ1) is 15.6. The van der Waals surface area contributed by atoms with Crippen LogP contribution in [0.3, 0.4) is 0 Å². The lowest BCUT2D eigenvalue weighted by Crippen LogP contribution is -2.49. The molecule has 0 fully saturated rings. The van der Waals surface area contributed by atoms with Crippen LogP contribution in [-0.4, -0.2) is 27.0 Å². The predicted molar refractivity (Wildman–Crippen MR) is 86.0 cm³/mol. The van der Waals surface area contributed by atoms with Gasteiger partial charge >= 0.3 is 0 Å². The molecule has 2 N–H and O–H groups in total. The molecule has 0 aromatic heterocycles. The van der Waals surface area contributed by atoms with Gasteiger partial charge in [-0.15, -0.1) is 0 Å². The number of hydrogen-bond donors (Lipinski definition) is 1. The lowest BCUT2D eigenvalue weighted by atomic mass is 10.2. The van der Waals surface area contributed by atoms with Crippen molar-refractivity contribution < 1.29 is 17.9 Å². The van der Waals surface area contributed by atoms with Crippen LogP contribution >= 0.6 is 11.6 Å². The number of nitrogens with two attached hydrogens (primary N) is 1. The van der Waals surface area contributed by atoms with Gasteiger partial charge in [0.1, 0.15) is 5.75 Å². The third-order valence-corrected chi connectivity index (χ3v) is 5.45. The van der Waals surface area contributed by atoms with Gasteiger partial charge < -0.3 is 10.5 Å². The Morgan fingerprint density at radius 1 is 1.22 bits per heavy atom.